The molecule has 0 atom stereocenters. The van der Waals surface area contributed by atoms with Crippen molar-refractivity contribution in [3.05, 3.63) is 35.5 Å². The molecule has 1 aromatic carbocycles. The van der Waals surface area contributed by atoms with E-state index in [0.717, 1.165) is 29.3 Å². The van der Waals surface area contributed by atoms with Crippen LogP contribution >= 0.6 is 23.4 Å². The molecule has 0 spiro atoms. The van der Waals surface area contributed by atoms with E-state index in [9.17, 15) is 4.79 Å². The Labute approximate surface area is 145 Å². The minimum absolute atomic E-state index is 0.0953. The first-order valence-electron chi connectivity index (χ1n) is 7.83. The number of nitrogens with one attached hydrogen (secondary N) is 1. The number of rotatable bonds is 5. The van der Waals surface area contributed by atoms with E-state index >= 15 is 0 Å². The average Bonchev–Trinajstić information content (AvgIpc) is 3.16. The lowest BCUT2D eigenvalue weighted by atomic mass is 10.2. The largest absolute Gasteiger partial charge is 0.353 e. The van der Waals surface area contributed by atoms with Gasteiger partial charge in [-0.15, -0.1) is 0 Å². The molecule has 1 fully saturated rings. The van der Waals surface area contributed by atoms with Crippen LogP contribution in [0.2, 0.25) is 5.02 Å². The number of carbonyl (C=O) groups is 1. The zero-order chi connectivity index (χ0) is 16.2. The molecule has 1 amide bonds. The molecule has 1 aliphatic carbocycles. The van der Waals surface area contributed by atoms with Crippen LogP contribution in [0.3, 0.4) is 0 Å². The molecule has 1 aliphatic rings. The van der Waals surface area contributed by atoms with E-state index in [1.54, 1.807) is 0 Å². The molecule has 3 rings (SSSR count). The Morgan fingerprint density at radius 3 is 2.74 bits per heavy atom. The number of benzene rings is 1. The van der Waals surface area contributed by atoms with Gasteiger partial charge in [0.2, 0.25) is 5.91 Å². The quantitative estimate of drug-likeness (QED) is 0.833. The van der Waals surface area contributed by atoms with Gasteiger partial charge in [-0.25, -0.2) is 4.98 Å². The van der Waals surface area contributed by atoms with Crippen molar-refractivity contribution in [3.63, 3.8) is 0 Å². The molecule has 0 radical (unpaired) electrons. The number of hydrogen-bond donors (Lipinski definition) is 1. The molecule has 6 heteroatoms. The summed E-state index contributed by atoms with van der Waals surface area (Å²) in [5, 5.41) is 4.66. The zero-order valence-corrected chi connectivity index (χ0v) is 14.7. The van der Waals surface area contributed by atoms with Crippen molar-refractivity contribution >= 4 is 29.3 Å². The van der Waals surface area contributed by atoms with E-state index < -0.39 is 0 Å². The van der Waals surface area contributed by atoms with Crippen molar-refractivity contribution in [1.29, 1.82) is 0 Å². The van der Waals surface area contributed by atoms with Crippen LogP contribution in [-0.2, 0) is 11.8 Å². The summed E-state index contributed by atoms with van der Waals surface area (Å²) in [6.07, 6.45) is 6.50. The number of imidazole rings is 1. The fraction of sp³-hybridized carbons (Fsp3) is 0.412. The number of aromatic nitrogens is 2. The lowest BCUT2D eigenvalue weighted by molar-refractivity contribution is -0.119. The molecule has 1 heterocycles. The fourth-order valence-electron chi connectivity index (χ4n) is 2.89. The van der Waals surface area contributed by atoms with Gasteiger partial charge in [0, 0.05) is 18.1 Å². The first-order chi connectivity index (χ1) is 11.1. The van der Waals surface area contributed by atoms with Crippen molar-refractivity contribution in [3.8, 4) is 11.3 Å². The van der Waals surface area contributed by atoms with Gasteiger partial charge >= 0.3 is 0 Å². The molecule has 1 saturated carbocycles. The molecule has 4 nitrogen and oxygen atoms in total. The maximum Gasteiger partial charge on any atom is 0.230 e. The van der Waals surface area contributed by atoms with E-state index in [-0.39, 0.29) is 5.91 Å². The van der Waals surface area contributed by atoms with Crippen molar-refractivity contribution in [2.24, 2.45) is 7.05 Å². The third-order valence-corrected chi connectivity index (χ3v) is 5.43. The van der Waals surface area contributed by atoms with Gasteiger partial charge in [0.1, 0.15) is 0 Å². The number of thioether (sulfide) groups is 1. The van der Waals surface area contributed by atoms with Crippen LogP contribution in [0.15, 0.2) is 35.6 Å². The molecular weight excluding hydrogens is 330 g/mol. The van der Waals surface area contributed by atoms with Crippen LogP contribution in [-0.4, -0.2) is 27.3 Å². The summed E-state index contributed by atoms with van der Waals surface area (Å²) in [7, 11) is 1.97. The van der Waals surface area contributed by atoms with E-state index in [1.807, 2.05) is 42.1 Å². The Morgan fingerprint density at radius 2 is 2.04 bits per heavy atom. The summed E-state index contributed by atoms with van der Waals surface area (Å²) in [4.78, 5) is 16.4. The van der Waals surface area contributed by atoms with Gasteiger partial charge in [-0.3, -0.25) is 4.79 Å². The third-order valence-electron chi connectivity index (χ3n) is 4.14. The summed E-state index contributed by atoms with van der Waals surface area (Å²) in [6.45, 7) is 0. The van der Waals surface area contributed by atoms with Crippen molar-refractivity contribution in [2.45, 2.75) is 36.9 Å². The summed E-state index contributed by atoms with van der Waals surface area (Å²) in [5.74, 6) is 0.499. The second-order valence-corrected chi connectivity index (χ2v) is 7.21. The number of halogens is 1. The normalized spacial score (nSPS) is 15.0. The first-order valence-corrected chi connectivity index (χ1v) is 9.19. The minimum Gasteiger partial charge on any atom is -0.353 e. The molecule has 0 aliphatic heterocycles. The van der Waals surface area contributed by atoms with Crippen LogP contribution in [0.1, 0.15) is 25.7 Å². The second kappa shape index (κ2) is 7.41. The topological polar surface area (TPSA) is 46.9 Å². The number of hydrogen-bond acceptors (Lipinski definition) is 3. The Kier molecular flexibility index (Phi) is 5.28. The Balaban J connectivity index is 1.60. The monoisotopic (exact) mass is 349 g/mol. The maximum atomic E-state index is 12.0. The van der Waals surface area contributed by atoms with E-state index in [0.29, 0.717) is 16.8 Å². The van der Waals surface area contributed by atoms with Gasteiger partial charge in [-0.1, -0.05) is 48.3 Å². The zero-order valence-electron chi connectivity index (χ0n) is 13.1. The molecule has 23 heavy (non-hydrogen) atoms. The Bertz CT molecular complexity index is 678. The minimum atomic E-state index is 0.0953. The van der Waals surface area contributed by atoms with E-state index in [2.05, 4.69) is 10.3 Å². The van der Waals surface area contributed by atoms with Gasteiger partial charge in [-0.2, -0.15) is 0 Å². The molecule has 122 valence electrons. The molecule has 0 unspecified atom stereocenters. The standard InChI is InChI=1S/C17H20ClN3OS/c1-21-15(12-6-8-13(18)9-7-12)10-19-17(21)23-11-16(22)20-14-4-2-3-5-14/h6-10,14H,2-5,11H2,1H3,(H,20,22). The van der Waals surface area contributed by atoms with Crippen LogP contribution < -0.4 is 5.32 Å². The highest BCUT2D eigenvalue weighted by atomic mass is 35.5. The number of nitrogens with zero attached hydrogens (tertiary/aromatic N) is 2. The smallest absolute Gasteiger partial charge is 0.230 e. The summed E-state index contributed by atoms with van der Waals surface area (Å²) < 4.78 is 2.01. The van der Waals surface area contributed by atoms with Crippen LogP contribution in [0, 0.1) is 0 Å². The summed E-state index contributed by atoms with van der Waals surface area (Å²) >= 11 is 7.40. The average molecular weight is 350 g/mol. The number of carbonyl (C=O) groups excluding carboxylic acids is 1. The highest BCUT2D eigenvalue weighted by Gasteiger charge is 2.18. The van der Waals surface area contributed by atoms with Gasteiger partial charge in [0.15, 0.2) is 5.16 Å². The summed E-state index contributed by atoms with van der Waals surface area (Å²) in [6, 6.07) is 8.05. The van der Waals surface area contributed by atoms with E-state index in [1.165, 1.54) is 24.6 Å². The van der Waals surface area contributed by atoms with Crippen LogP contribution in [0.25, 0.3) is 11.3 Å². The number of amides is 1. The molecular formula is C17H20ClN3OS. The highest BCUT2D eigenvalue weighted by molar-refractivity contribution is 7.99. The molecule has 2 aromatic rings. The van der Waals surface area contributed by atoms with E-state index in [4.69, 9.17) is 11.6 Å². The van der Waals surface area contributed by atoms with Crippen molar-refractivity contribution in [1.82, 2.24) is 14.9 Å². The molecule has 1 N–H and O–H groups in total. The fourth-order valence-corrected chi connectivity index (χ4v) is 3.77. The summed E-state index contributed by atoms with van der Waals surface area (Å²) in [5.41, 5.74) is 2.08. The third kappa shape index (κ3) is 4.09. The van der Waals surface area contributed by atoms with Gasteiger partial charge < -0.3 is 9.88 Å². The second-order valence-electron chi connectivity index (χ2n) is 5.83. The Hall–Kier alpha value is -1.46. The lowest BCUT2D eigenvalue weighted by Crippen LogP contribution is -2.33. The molecule has 0 saturated heterocycles. The van der Waals surface area contributed by atoms with Crippen LogP contribution in [0.4, 0.5) is 0 Å². The molecule has 1 aromatic heterocycles. The predicted octanol–water partition coefficient (Wildman–Crippen LogP) is 3.89. The molecule has 0 bridgehead atoms. The lowest BCUT2D eigenvalue weighted by Gasteiger charge is -2.11. The predicted molar refractivity (Wildman–Crippen MR) is 94.8 cm³/mol. The first kappa shape index (κ1) is 16.4. The highest BCUT2D eigenvalue weighted by Crippen LogP contribution is 2.26. The van der Waals surface area contributed by atoms with Crippen molar-refractivity contribution in [2.75, 3.05) is 5.75 Å². The van der Waals surface area contributed by atoms with Crippen LogP contribution in [0.5, 0.6) is 0 Å². The maximum absolute atomic E-state index is 12.0. The Morgan fingerprint density at radius 1 is 1.35 bits per heavy atom. The van der Waals surface area contributed by atoms with Gasteiger partial charge in [0.05, 0.1) is 17.6 Å². The SMILES string of the molecule is Cn1c(-c2ccc(Cl)cc2)cnc1SCC(=O)NC1CCCC1. The van der Waals surface area contributed by atoms with Crippen molar-refractivity contribution < 1.29 is 4.79 Å². The van der Waals surface area contributed by atoms with Gasteiger partial charge in [-0.05, 0) is 30.5 Å². The van der Waals surface area contributed by atoms with Gasteiger partial charge in [0.25, 0.3) is 0 Å².